The number of amides is 1. The molecule has 1 amide bonds. The van der Waals surface area contributed by atoms with Crippen molar-refractivity contribution in [3.05, 3.63) is 21.9 Å². The van der Waals surface area contributed by atoms with Gasteiger partial charge in [0.15, 0.2) is 0 Å². The summed E-state index contributed by atoms with van der Waals surface area (Å²) in [6.07, 6.45) is 1.66. The first-order valence-electron chi connectivity index (χ1n) is 7.38. The van der Waals surface area contributed by atoms with Crippen LogP contribution < -0.4 is 5.32 Å². The number of carbonyl (C=O) groups excluding carboxylic acids is 1. The number of nitrogens with zero attached hydrogens (tertiary/aromatic N) is 1. The lowest BCUT2D eigenvalue weighted by atomic mass is 10.2. The van der Waals surface area contributed by atoms with Gasteiger partial charge in [-0.05, 0) is 25.5 Å². The van der Waals surface area contributed by atoms with Crippen molar-refractivity contribution in [2.24, 2.45) is 0 Å². The molecule has 112 valence electrons. The van der Waals surface area contributed by atoms with Gasteiger partial charge in [0.1, 0.15) is 0 Å². The predicted molar refractivity (Wildman–Crippen MR) is 82.1 cm³/mol. The van der Waals surface area contributed by atoms with Crippen molar-refractivity contribution in [2.75, 3.05) is 32.8 Å². The molecule has 1 aromatic rings. The van der Waals surface area contributed by atoms with E-state index in [1.54, 1.807) is 0 Å². The molecule has 1 aliphatic rings. The Morgan fingerprint density at radius 2 is 2.20 bits per heavy atom. The van der Waals surface area contributed by atoms with Gasteiger partial charge in [-0.25, -0.2) is 0 Å². The van der Waals surface area contributed by atoms with Gasteiger partial charge in [0, 0.05) is 41.9 Å². The molecule has 1 N–H and O–H groups in total. The molecule has 4 nitrogen and oxygen atoms in total. The highest BCUT2D eigenvalue weighted by Gasteiger charge is 2.16. The minimum Gasteiger partial charge on any atom is -0.378 e. The third-order valence-electron chi connectivity index (χ3n) is 3.61. The Kier molecular flexibility index (Phi) is 6.01. The van der Waals surface area contributed by atoms with Crippen molar-refractivity contribution >= 4 is 17.2 Å². The molecule has 0 aromatic carbocycles. The highest BCUT2D eigenvalue weighted by atomic mass is 32.1. The lowest BCUT2D eigenvalue weighted by Crippen LogP contribution is -2.41. The lowest BCUT2D eigenvalue weighted by molar-refractivity contribution is -0.135. The van der Waals surface area contributed by atoms with Crippen LogP contribution in [0.4, 0.5) is 0 Å². The molecule has 0 spiro atoms. The van der Waals surface area contributed by atoms with E-state index in [4.69, 9.17) is 4.74 Å². The van der Waals surface area contributed by atoms with Crippen LogP contribution in [0.1, 0.15) is 36.1 Å². The molecular formula is C15H24N2O2S. The zero-order valence-corrected chi connectivity index (χ0v) is 13.2. The zero-order valence-electron chi connectivity index (χ0n) is 12.4. The van der Waals surface area contributed by atoms with Crippen molar-refractivity contribution in [3.8, 4) is 0 Å². The minimum absolute atomic E-state index is 0.230. The minimum atomic E-state index is 0.230. The van der Waals surface area contributed by atoms with Crippen LogP contribution in [0.25, 0.3) is 0 Å². The van der Waals surface area contributed by atoms with Gasteiger partial charge in [-0.1, -0.05) is 6.92 Å². The lowest BCUT2D eigenvalue weighted by Gasteiger charge is -2.27. The highest BCUT2D eigenvalue weighted by Crippen LogP contribution is 2.23. The van der Waals surface area contributed by atoms with Gasteiger partial charge in [-0.3, -0.25) is 4.79 Å². The van der Waals surface area contributed by atoms with Crippen LogP contribution in [0.15, 0.2) is 12.1 Å². The van der Waals surface area contributed by atoms with Crippen molar-refractivity contribution in [1.82, 2.24) is 10.2 Å². The Morgan fingerprint density at radius 3 is 2.85 bits per heavy atom. The molecule has 20 heavy (non-hydrogen) atoms. The molecule has 1 fully saturated rings. The Hall–Kier alpha value is -0.910. The van der Waals surface area contributed by atoms with E-state index in [1.165, 1.54) is 9.75 Å². The average molecular weight is 296 g/mol. The Labute approximate surface area is 125 Å². The Bertz CT molecular complexity index is 427. The fourth-order valence-electron chi connectivity index (χ4n) is 2.28. The van der Waals surface area contributed by atoms with Crippen LogP contribution in [0, 0.1) is 0 Å². The molecule has 0 aliphatic carbocycles. The molecule has 1 aliphatic heterocycles. The number of hydrogen-bond donors (Lipinski definition) is 1. The first-order valence-corrected chi connectivity index (χ1v) is 8.20. The number of rotatable bonds is 6. The topological polar surface area (TPSA) is 41.6 Å². The first kappa shape index (κ1) is 15.5. The molecule has 2 heterocycles. The van der Waals surface area contributed by atoms with Gasteiger partial charge in [0.25, 0.3) is 0 Å². The summed E-state index contributed by atoms with van der Waals surface area (Å²) in [7, 11) is 0. The highest BCUT2D eigenvalue weighted by molar-refractivity contribution is 7.12. The standard InChI is InChI=1S/C15H24N2O2S/c1-3-13-4-5-14(20-13)12(2)16-7-6-15(18)17-8-10-19-11-9-17/h4-5,12,16H,3,6-11H2,1-2H3. The number of morpholine rings is 1. The van der Waals surface area contributed by atoms with Gasteiger partial charge in [-0.2, -0.15) is 0 Å². The second kappa shape index (κ2) is 7.76. The van der Waals surface area contributed by atoms with Crippen molar-refractivity contribution < 1.29 is 9.53 Å². The Morgan fingerprint density at radius 1 is 1.45 bits per heavy atom. The van der Waals surface area contributed by atoms with E-state index in [1.807, 2.05) is 16.2 Å². The molecule has 1 aromatic heterocycles. The van der Waals surface area contributed by atoms with Crippen LogP contribution in [0.2, 0.25) is 0 Å². The van der Waals surface area contributed by atoms with E-state index in [0.29, 0.717) is 25.7 Å². The Balaban J connectivity index is 1.70. The van der Waals surface area contributed by atoms with Crippen molar-refractivity contribution in [1.29, 1.82) is 0 Å². The molecule has 0 radical (unpaired) electrons. The molecule has 0 bridgehead atoms. The van der Waals surface area contributed by atoms with E-state index in [9.17, 15) is 4.79 Å². The summed E-state index contributed by atoms with van der Waals surface area (Å²) in [6.45, 7) is 7.88. The molecule has 5 heteroatoms. The maximum absolute atomic E-state index is 12.0. The van der Waals surface area contributed by atoms with Crippen molar-refractivity contribution in [3.63, 3.8) is 0 Å². The molecule has 0 saturated carbocycles. The van der Waals surface area contributed by atoms with E-state index < -0.39 is 0 Å². The number of nitrogens with one attached hydrogen (secondary N) is 1. The third-order valence-corrected chi connectivity index (χ3v) is 5.02. The maximum Gasteiger partial charge on any atom is 0.224 e. The molecular weight excluding hydrogens is 272 g/mol. The van der Waals surface area contributed by atoms with E-state index in [2.05, 4.69) is 31.3 Å². The van der Waals surface area contributed by atoms with Crippen LogP contribution in [0.5, 0.6) is 0 Å². The summed E-state index contributed by atoms with van der Waals surface area (Å²) in [5.74, 6) is 0.230. The normalized spacial score (nSPS) is 17.2. The smallest absolute Gasteiger partial charge is 0.224 e. The van der Waals surface area contributed by atoms with Gasteiger partial charge < -0.3 is 15.0 Å². The van der Waals surface area contributed by atoms with E-state index in [-0.39, 0.29) is 5.91 Å². The second-order valence-corrected chi connectivity index (χ2v) is 6.28. The third kappa shape index (κ3) is 4.30. The predicted octanol–water partition coefficient (Wildman–Crippen LogP) is 2.21. The summed E-state index contributed by atoms with van der Waals surface area (Å²) in [5.41, 5.74) is 0. The van der Waals surface area contributed by atoms with Crippen molar-refractivity contribution in [2.45, 2.75) is 32.7 Å². The number of carbonyl (C=O) groups is 1. The molecule has 2 rings (SSSR count). The first-order chi connectivity index (χ1) is 9.70. The summed E-state index contributed by atoms with van der Waals surface area (Å²) >= 11 is 1.85. The van der Waals surface area contributed by atoms with Gasteiger partial charge >= 0.3 is 0 Å². The monoisotopic (exact) mass is 296 g/mol. The number of ether oxygens (including phenoxy) is 1. The van der Waals surface area contributed by atoms with Crippen LogP contribution in [0.3, 0.4) is 0 Å². The summed E-state index contributed by atoms with van der Waals surface area (Å²) in [6, 6.07) is 4.69. The van der Waals surface area contributed by atoms with Crippen LogP contribution in [-0.4, -0.2) is 43.7 Å². The summed E-state index contributed by atoms with van der Waals surface area (Å²) in [5, 5.41) is 3.44. The van der Waals surface area contributed by atoms with Gasteiger partial charge in [-0.15, -0.1) is 11.3 Å². The summed E-state index contributed by atoms with van der Waals surface area (Å²) in [4.78, 5) is 16.7. The fraction of sp³-hybridized carbons (Fsp3) is 0.667. The SMILES string of the molecule is CCc1ccc(C(C)NCCC(=O)N2CCOCC2)s1. The number of aryl methyl sites for hydroxylation is 1. The number of thiophene rings is 1. The average Bonchev–Trinajstić information content (AvgIpc) is 2.97. The summed E-state index contributed by atoms with van der Waals surface area (Å²) < 4.78 is 5.26. The molecule has 1 saturated heterocycles. The molecule has 1 atom stereocenters. The number of hydrogen-bond acceptors (Lipinski definition) is 4. The largest absolute Gasteiger partial charge is 0.378 e. The van der Waals surface area contributed by atoms with E-state index in [0.717, 1.165) is 26.1 Å². The van der Waals surface area contributed by atoms with Gasteiger partial charge in [0.2, 0.25) is 5.91 Å². The zero-order chi connectivity index (χ0) is 14.4. The van der Waals surface area contributed by atoms with Crippen LogP contribution >= 0.6 is 11.3 Å². The van der Waals surface area contributed by atoms with E-state index >= 15 is 0 Å². The fourth-order valence-corrected chi connectivity index (χ4v) is 3.26. The second-order valence-electron chi connectivity index (χ2n) is 5.08. The molecule has 1 unspecified atom stereocenters. The van der Waals surface area contributed by atoms with Gasteiger partial charge in [0.05, 0.1) is 13.2 Å². The van der Waals surface area contributed by atoms with Crippen LogP contribution in [-0.2, 0) is 16.0 Å². The quantitative estimate of drug-likeness (QED) is 0.875. The maximum atomic E-state index is 12.0.